The molecule has 0 fully saturated rings. The van der Waals surface area contributed by atoms with E-state index in [1.807, 2.05) is 6.92 Å². The molecule has 0 atom stereocenters. The van der Waals surface area contributed by atoms with Crippen LogP contribution in [0.5, 0.6) is 0 Å². The maximum Gasteiger partial charge on any atom is 0.238 e. The second-order valence-electron chi connectivity index (χ2n) is 5.89. The lowest BCUT2D eigenvalue weighted by atomic mass is 10.1. The summed E-state index contributed by atoms with van der Waals surface area (Å²) in [6, 6.07) is 2.78. The van der Waals surface area contributed by atoms with Gasteiger partial charge in [0.25, 0.3) is 0 Å². The van der Waals surface area contributed by atoms with E-state index in [4.69, 9.17) is 5.14 Å². The lowest BCUT2D eigenvalue weighted by molar-refractivity contribution is 0.566. The van der Waals surface area contributed by atoms with Crippen LogP contribution >= 0.6 is 0 Å². The van der Waals surface area contributed by atoms with Crippen LogP contribution in [-0.2, 0) is 26.5 Å². The van der Waals surface area contributed by atoms with Crippen molar-refractivity contribution in [3.8, 4) is 0 Å². The normalized spacial score (nSPS) is 13.2. The molecule has 0 heterocycles. The molecule has 1 aromatic rings. The average Bonchev–Trinajstić information content (AvgIpc) is 2.28. The van der Waals surface area contributed by atoms with Crippen LogP contribution in [0, 0.1) is 6.92 Å². The van der Waals surface area contributed by atoms with Gasteiger partial charge in [-0.1, -0.05) is 6.92 Å². The standard InChI is InChI=1S/C13H22N2O4S2/c1-6-10-8-11(20(14,16)17)7-9(2)12(10)15-21(18,19)13(3,4)5/h7-8,15H,6H2,1-5H3,(H2,14,16,17). The third-order valence-corrected chi connectivity index (χ3v) is 6.12. The van der Waals surface area contributed by atoms with Crippen LogP contribution in [0.15, 0.2) is 17.0 Å². The molecule has 0 spiro atoms. The first-order chi connectivity index (χ1) is 9.29. The predicted molar refractivity (Wildman–Crippen MR) is 84.2 cm³/mol. The zero-order valence-electron chi connectivity index (χ0n) is 12.9. The average molecular weight is 334 g/mol. The SMILES string of the molecule is CCc1cc(S(N)(=O)=O)cc(C)c1NS(=O)(=O)C(C)(C)C. The Morgan fingerprint density at radius 2 is 1.67 bits per heavy atom. The Kier molecular flexibility index (Phi) is 4.77. The van der Waals surface area contributed by atoms with Crippen LogP contribution in [0.2, 0.25) is 0 Å². The van der Waals surface area contributed by atoms with Gasteiger partial charge >= 0.3 is 0 Å². The zero-order chi connectivity index (χ0) is 16.6. The summed E-state index contributed by atoms with van der Waals surface area (Å²) in [5, 5.41) is 5.13. The van der Waals surface area contributed by atoms with Gasteiger partial charge in [-0.3, -0.25) is 4.72 Å². The number of hydrogen-bond donors (Lipinski definition) is 2. The fraction of sp³-hybridized carbons (Fsp3) is 0.538. The van der Waals surface area contributed by atoms with E-state index in [9.17, 15) is 16.8 Å². The van der Waals surface area contributed by atoms with Crippen LogP contribution in [0.1, 0.15) is 38.8 Å². The molecule has 8 heteroatoms. The second-order valence-corrected chi connectivity index (χ2v) is 9.89. The molecule has 0 aliphatic heterocycles. The number of primary sulfonamides is 1. The monoisotopic (exact) mass is 334 g/mol. The summed E-state index contributed by atoms with van der Waals surface area (Å²) in [5.41, 5.74) is 1.53. The molecular weight excluding hydrogens is 312 g/mol. The summed E-state index contributed by atoms with van der Waals surface area (Å²) in [7, 11) is -7.41. The summed E-state index contributed by atoms with van der Waals surface area (Å²) >= 11 is 0. The number of nitrogens with two attached hydrogens (primary N) is 1. The number of sulfonamides is 2. The highest BCUT2D eigenvalue weighted by Gasteiger charge is 2.30. The molecule has 0 aliphatic carbocycles. The second kappa shape index (κ2) is 5.58. The van der Waals surface area contributed by atoms with Gasteiger partial charge in [0, 0.05) is 0 Å². The first-order valence-electron chi connectivity index (χ1n) is 6.48. The van der Waals surface area contributed by atoms with Crippen molar-refractivity contribution in [3.05, 3.63) is 23.3 Å². The minimum atomic E-state index is -3.82. The van der Waals surface area contributed by atoms with Crippen LogP contribution in [0.25, 0.3) is 0 Å². The van der Waals surface area contributed by atoms with Gasteiger partial charge in [-0.05, 0) is 57.4 Å². The maximum absolute atomic E-state index is 12.3. The van der Waals surface area contributed by atoms with Crippen molar-refractivity contribution in [3.63, 3.8) is 0 Å². The number of anilines is 1. The highest BCUT2D eigenvalue weighted by Crippen LogP contribution is 2.28. The number of hydrogen-bond acceptors (Lipinski definition) is 4. The summed E-state index contributed by atoms with van der Waals surface area (Å²) in [5.74, 6) is 0. The smallest absolute Gasteiger partial charge is 0.238 e. The summed E-state index contributed by atoms with van der Waals surface area (Å²) < 4.78 is 49.0. The van der Waals surface area contributed by atoms with Gasteiger partial charge in [0.05, 0.1) is 15.3 Å². The first kappa shape index (κ1) is 17.9. The number of nitrogens with one attached hydrogen (secondary N) is 1. The lowest BCUT2D eigenvalue weighted by Crippen LogP contribution is -2.34. The van der Waals surface area contributed by atoms with Crippen LogP contribution < -0.4 is 9.86 Å². The third-order valence-electron chi connectivity index (χ3n) is 3.14. The van der Waals surface area contributed by atoms with E-state index in [-0.39, 0.29) is 4.90 Å². The van der Waals surface area contributed by atoms with Crippen LogP contribution in [-0.4, -0.2) is 21.6 Å². The lowest BCUT2D eigenvalue weighted by Gasteiger charge is -2.23. The molecule has 0 bridgehead atoms. The van der Waals surface area contributed by atoms with Crippen molar-refractivity contribution in [2.24, 2.45) is 5.14 Å². The van der Waals surface area contributed by atoms with Gasteiger partial charge < -0.3 is 0 Å². The number of aryl methyl sites for hydroxylation is 2. The van der Waals surface area contributed by atoms with Crippen molar-refractivity contribution in [1.82, 2.24) is 0 Å². The van der Waals surface area contributed by atoms with Crippen LogP contribution in [0.3, 0.4) is 0 Å². The molecule has 1 rings (SSSR count). The van der Waals surface area contributed by atoms with Crippen molar-refractivity contribution >= 4 is 25.7 Å². The molecular formula is C13H22N2O4S2. The minimum Gasteiger partial charge on any atom is -0.283 e. The molecule has 1 aromatic carbocycles. The summed E-state index contributed by atoms with van der Waals surface area (Å²) in [6.45, 7) is 8.24. The molecule has 0 radical (unpaired) electrons. The van der Waals surface area contributed by atoms with Crippen molar-refractivity contribution in [2.75, 3.05) is 4.72 Å². The molecule has 0 unspecified atom stereocenters. The van der Waals surface area contributed by atoms with Gasteiger partial charge in [0.15, 0.2) is 0 Å². The highest BCUT2D eigenvalue weighted by atomic mass is 32.2. The Labute approximate surface area is 126 Å². The van der Waals surface area contributed by atoms with E-state index in [1.54, 1.807) is 27.7 Å². The highest BCUT2D eigenvalue weighted by molar-refractivity contribution is 7.94. The third kappa shape index (κ3) is 3.96. The van der Waals surface area contributed by atoms with Gasteiger partial charge in [-0.25, -0.2) is 22.0 Å². The molecule has 6 nitrogen and oxygen atoms in total. The largest absolute Gasteiger partial charge is 0.283 e. The van der Waals surface area contributed by atoms with E-state index in [2.05, 4.69) is 4.72 Å². The number of benzene rings is 1. The van der Waals surface area contributed by atoms with E-state index in [0.29, 0.717) is 23.2 Å². The van der Waals surface area contributed by atoms with E-state index < -0.39 is 24.8 Å². The molecule has 120 valence electrons. The Bertz CT molecular complexity index is 745. The van der Waals surface area contributed by atoms with Gasteiger partial charge in [0.2, 0.25) is 20.0 Å². The Morgan fingerprint density at radius 1 is 1.14 bits per heavy atom. The molecule has 0 aromatic heterocycles. The van der Waals surface area contributed by atoms with Crippen molar-refractivity contribution < 1.29 is 16.8 Å². The van der Waals surface area contributed by atoms with Crippen molar-refractivity contribution in [2.45, 2.75) is 50.7 Å². The minimum absolute atomic E-state index is 0.0180. The number of rotatable bonds is 4. The molecule has 0 saturated carbocycles. The summed E-state index contributed by atoms with van der Waals surface area (Å²) in [6.07, 6.45) is 0.478. The molecule has 0 saturated heterocycles. The van der Waals surface area contributed by atoms with E-state index >= 15 is 0 Å². The van der Waals surface area contributed by atoms with E-state index in [0.717, 1.165) is 0 Å². The van der Waals surface area contributed by atoms with E-state index in [1.165, 1.54) is 12.1 Å². The Morgan fingerprint density at radius 3 is 2.05 bits per heavy atom. The zero-order valence-corrected chi connectivity index (χ0v) is 14.5. The Balaban J connectivity index is 3.47. The fourth-order valence-corrected chi connectivity index (χ4v) is 3.22. The predicted octanol–water partition coefficient (Wildman–Crippen LogP) is 1.75. The van der Waals surface area contributed by atoms with Gasteiger partial charge in [0.1, 0.15) is 0 Å². The molecule has 0 aliphatic rings. The van der Waals surface area contributed by atoms with Gasteiger partial charge in [-0.2, -0.15) is 0 Å². The Hall–Kier alpha value is -1.12. The van der Waals surface area contributed by atoms with Gasteiger partial charge in [-0.15, -0.1) is 0 Å². The maximum atomic E-state index is 12.3. The quantitative estimate of drug-likeness (QED) is 0.874. The molecule has 0 amide bonds. The first-order valence-corrected chi connectivity index (χ1v) is 9.51. The molecule has 21 heavy (non-hydrogen) atoms. The topological polar surface area (TPSA) is 106 Å². The van der Waals surface area contributed by atoms with Crippen LogP contribution in [0.4, 0.5) is 5.69 Å². The van der Waals surface area contributed by atoms with Crippen molar-refractivity contribution in [1.29, 1.82) is 0 Å². The summed E-state index contributed by atoms with van der Waals surface area (Å²) in [4.78, 5) is -0.0180. The molecule has 3 N–H and O–H groups in total. The fourth-order valence-electron chi connectivity index (χ4n) is 1.70.